The van der Waals surface area contributed by atoms with E-state index in [9.17, 15) is 18.8 Å². The number of primary amides is 1. The lowest BCUT2D eigenvalue weighted by Crippen LogP contribution is -2.25. The average Bonchev–Trinajstić information content (AvgIpc) is 3.14. The first-order valence-electron chi connectivity index (χ1n) is 8.03. The van der Waals surface area contributed by atoms with Crippen molar-refractivity contribution in [3.63, 3.8) is 0 Å². The number of amides is 3. The van der Waals surface area contributed by atoms with Gasteiger partial charge in [-0.25, -0.2) is 14.4 Å². The Morgan fingerprint density at radius 3 is 2.32 bits per heavy atom. The van der Waals surface area contributed by atoms with Crippen molar-refractivity contribution in [2.24, 2.45) is 5.73 Å². The molecule has 3 aromatic rings. The van der Waals surface area contributed by atoms with E-state index in [4.69, 9.17) is 5.73 Å². The van der Waals surface area contributed by atoms with Crippen molar-refractivity contribution < 1.29 is 18.8 Å². The Bertz CT molecular complexity index is 1040. The number of hydrogen-bond acceptors (Lipinski definition) is 5. The van der Waals surface area contributed by atoms with Crippen molar-refractivity contribution in [2.75, 3.05) is 12.4 Å². The van der Waals surface area contributed by atoms with Gasteiger partial charge in [-0.15, -0.1) is 0 Å². The number of halogens is 1. The van der Waals surface area contributed by atoms with Gasteiger partial charge in [0.2, 0.25) is 0 Å². The maximum Gasteiger partial charge on any atom is 0.272 e. The number of rotatable bonds is 5. The van der Waals surface area contributed by atoms with Gasteiger partial charge in [0.15, 0.2) is 5.69 Å². The lowest BCUT2D eigenvalue weighted by molar-refractivity contribution is 0.0937. The number of carbonyl (C=O) groups is 3. The molecule has 3 amide bonds. The first-order chi connectivity index (χ1) is 13.4. The molecule has 1 aromatic carbocycles. The summed E-state index contributed by atoms with van der Waals surface area (Å²) in [7, 11) is 1.41. The predicted molar refractivity (Wildman–Crippen MR) is 97.6 cm³/mol. The second-order valence-corrected chi connectivity index (χ2v) is 5.62. The Morgan fingerprint density at radius 1 is 1.04 bits per heavy atom. The van der Waals surface area contributed by atoms with E-state index in [1.807, 2.05) is 0 Å². The Labute approximate surface area is 158 Å². The fraction of sp³-hybridized carbons (Fsp3) is 0.0556. The predicted octanol–water partition coefficient (Wildman–Crippen LogP) is 1.12. The molecule has 0 saturated heterocycles. The highest BCUT2D eigenvalue weighted by Gasteiger charge is 2.22. The summed E-state index contributed by atoms with van der Waals surface area (Å²) in [6.07, 6.45) is 2.65. The topological polar surface area (TPSA) is 132 Å². The minimum atomic E-state index is -0.829. The molecule has 0 saturated carbocycles. The van der Waals surface area contributed by atoms with Crippen LogP contribution in [0.3, 0.4) is 0 Å². The molecule has 0 unspecified atom stereocenters. The largest absolute Gasteiger partial charge is 0.364 e. The molecule has 0 aliphatic heterocycles. The van der Waals surface area contributed by atoms with E-state index >= 15 is 0 Å². The van der Waals surface area contributed by atoms with Gasteiger partial charge in [0.1, 0.15) is 23.7 Å². The van der Waals surface area contributed by atoms with Gasteiger partial charge in [-0.2, -0.15) is 0 Å². The van der Waals surface area contributed by atoms with E-state index in [1.54, 1.807) is 6.07 Å². The van der Waals surface area contributed by atoms with Gasteiger partial charge in [0.25, 0.3) is 17.7 Å². The highest BCUT2D eigenvalue weighted by atomic mass is 19.1. The summed E-state index contributed by atoms with van der Waals surface area (Å²) in [6, 6.07) is 8.13. The van der Waals surface area contributed by atoms with Crippen LogP contribution in [0.25, 0.3) is 5.69 Å². The Hall–Kier alpha value is -4.08. The second-order valence-electron chi connectivity index (χ2n) is 5.62. The van der Waals surface area contributed by atoms with Crippen LogP contribution in [0.1, 0.15) is 31.3 Å². The molecule has 2 aromatic heterocycles. The molecule has 3 rings (SSSR count). The van der Waals surface area contributed by atoms with Crippen molar-refractivity contribution in [2.45, 2.75) is 0 Å². The summed E-state index contributed by atoms with van der Waals surface area (Å²) < 4.78 is 14.3. The van der Waals surface area contributed by atoms with Crippen LogP contribution in [0.5, 0.6) is 0 Å². The summed E-state index contributed by atoms with van der Waals surface area (Å²) in [5.74, 6) is -2.04. The molecular formula is C18H15FN6O3. The van der Waals surface area contributed by atoms with Gasteiger partial charge in [0.05, 0.1) is 11.9 Å². The van der Waals surface area contributed by atoms with E-state index in [2.05, 4.69) is 20.6 Å². The van der Waals surface area contributed by atoms with E-state index in [0.29, 0.717) is 5.69 Å². The third-order valence-electron chi connectivity index (χ3n) is 3.82. The fourth-order valence-corrected chi connectivity index (χ4v) is 2.46. The summed E-state index contributed by atoms with van der Waals surface area (Å²) >= 11 is 0. The Morgan fingerprint density at radius 2 is 1.75 bits per heavy atom. The molecule has 0 aliphatic rings. The Kier molecular flexibility index (Phi) is 5.12. The minimum absolute atomic E-state index is 0.0933. The zero-order valence-electron chi connectivity index (χ0n) is 14.6. The summed E-state index contributed by atoms with van der Waals surface area (Å²) in [6.45, 7) is 0. The van der Waals surface area contributed by atoms with Crippen molar-refractivity contribution in [3.05, 3.63) is 71.7 Å². The van der Waals surface area contributed by atoms with E-state index < -0.39 is 23.5 Å². The number of pyridine rings is 1. The molecule has 0 spiro atoms. The van der Waals surface area contributed by atoms with Crippen LogP contribution in [0, 0.1) is 5.82 Å². The average molecular weight is 382 g/mol. The van der Waals surface area contributed by atoms with Crippen LogP contribution in [-0.2, 0) is 0 Å². The number of nitrogens with zero attached hydrogens (tertiary/aromatic N) is 3. The molecule has 4 N–H and O–H groups in total. The quantitative estimate of drug-likeness (QED) is 0.608. The van der Waals surface area contributed by atoms with Gasteiger partial charge < -0.3 is 16.4 Å². The molecule has 0 bridgehead atoms. The molecule has 0 radical (unpaired) electrons. The zero-order valence-corrected chi connectivity index (χ0v) is 14.6. The molecule has 142 valence electrons. The molecule has 2 heterocycles. The third kappa shape index (κ3) is 3.70. The number of anilines is 1. The van der Waals surface area contributed by atoms with Gasteiger partial charge in [-0.05, 0) is 36.4 Å². The first kappa shape index (κ1) is 18.7. The van der Waals surface area contributed by atoms with E-state index in [0.717, 1.165) is 0 Å². The summed E-state index contributed by atoms with van der Waals surface area (Å²) in [4.78, 5) is 43.8. The smallest absolute Gasteiger partial charge is 0.272 e. The molecule has 28 heavy (non-hydrogen) atoms. The number of nitrogens with two attached hydrogens (primary N) is 1. The monoisotopic (exact) mass is 382 g/mol. The number of benzene rings is 1. The van der Waals surface area contributed by atoms with Crippen LogP contribution < -0.4 is 16.4 Å². The number of carbonyl (C=O) groups excluding carboxylic acids is 3. The van der Waals surface area contributed by atoms with Gasteiger partial charge in [-0.3, -0.25) is 19.0 Å². The van der Waals surface area contributed by atoms with Gasteiger partial charge >= 0.3 is 0 Å². The number of aromatic nitrogens is 3. The maximum absolute atomic E-state index is 12.9. The molecule has 10 heteroatoms. The van der Waals surface area contributed by atoms with Crippen LogP contribution in [-0.4, -0.2) is 39.3 Å². The van der Waals surface area contributed by atoms with Gasteiger partial charge in [0, 0.05) is 12.6 Å². The van der Waals surface area contributed by atoms with E-state index in [1.165, 1.54) is 54.5 Å². The number of nitrogens with one attached hydrogen (secondary N) is 2. The van der Waals surface area contributed by atoms with Crippen LogP contribution in [0.2, 0.25) is 0 Å². The molecule has 0 aliphatic carbocycles. The maximum atomic E-state index is 12.9. The third-order valence-corrected chi connectivity index (χ3v) is 3.82. The first-order valence-corrected chi connectivity index (χ1v) is 8.03. The van der Waals surface area contributed by atoms with Crippen LogP contribution >= 0.6 is 0 Å². The van der Waals surface area contributed by atoms with Crippen molar-refractivity contribution in [3.8, 4) is 5.69 Å². The molecule has 9 nitrogen and oxygen atoms in total. The normalized spacial score (nSPS) is 10.4. The summed E-state index contributed by atoms with van der Waals surface area (Å²) in [5, 5.41) is 4.96. The van der Waals surface area contributed by atoms with Crippen molar-refractivity contribution >= 4 is 23.5 Å². The van der Waals surface area contributed by atoms with Crippen LogP contribution in [0.4, 0.5) is 10.2 Å². The summed E-state index contributed by atoms with van der Waals surface area (Å²) in [5.41, 5.74) is 5.86. The Balaban J connectivity index is 1.84. The number of hydrogen-bond donors (Lipinski definition) is 3. The lowest BCUT2D eigenvalue weighted by Gasteiger charge is -2.08. The highest BCUT2D eigenvalue weighted by molar-refractivity contribution is 6.05. The standard InChI is InChI=1S/C18H15FN6O3/c1-21-18(28)14-15(16(20)26)25(9-23-14)12-6-7-13(22-8-12)24-17(27)10-2-4-11(19)5-3-10/h2-9H,1H3,(H2,20,26)(H,21,28)(H,22,24,27). The zero-order chi connectivity index (χ0) is 20.3. The van der Waals surface area contributed by atoms with Crippen LogP contribution in [0.15, 0.2) is 48.9 Å². The highest BCUT2D eigenvalue weighted by Crippen LogP contribution is 2.16. The van der Waals surface area contributed by atoms with Crippen molar-refractivity contribution in [1.82, 2.24) is 19.9 Å². The number of imidazole rings is 1. The van der Waals surface area contributed by atoms with Crippen molar-refractivity contribution in [1.29, 1.82) is 0 Å². The fourth-order valence-electron chi connectivity index (χ4n) is 2.46. The molecular weight excluding hydrogens is 367 g/mol. The molecule has 0 atom stereocenters. The molecule has 0 fully saturated rings. The SMILES string of the molecule is CNC(=O)c1ncn(-c2ccc(NC(=O)c3ccc(F)cc3)nc2)c1C(N)=O. The minimum Gasteiger partial charge on any atom is -0.364 e. The van der Waals surface area contributed by atoms with Gasteiger partial charge in [-0.1, -0.05) is 0 Å². The second kappa shape index (κ2) is 7.66. The van der Waals surface area contributed by atoms with E-state index in [-0.39, 0.29) is 22.8 Å². The lowest BCUT2D eigenvalue weighted by atomic mass is 10.2.